The summed E-state index contributed by atoms with van der Waals surface area (Å²) in [4.78, 5) is 2.71. The first-order valence-electron chi connectivity index (χ1n) is 7.18. The summed E-state index contributed by atoms with van der Waals surface area (Å²) in [6, 6.07) is 2.25. The fraction of sp³-hybridized carbons (Fsp3) is 1.00. The Bertz CT molecular complexity index is 166. The molecule has 0 aromatic heterocycles. The molecule has 1 fully saturated rings. The van der Waals surface area contributed by atoms with Gasteiger partial charge in [-0.25, -0.2) is 0 Å². The van der Waals surface area contributed by atoms with Crippen LogP contribution in [0.1, 0.15) is 59.8 Å². The Morgan fingerprint density at radius 2 is 1.81 bits per heavy atom. The van der Waals surface area contributed by atoms with Gasteiger partial charge in [0, 0.05) is 24.7 Å². The Labute approximate surface area is 102 Å². The van der Waals surface area contributed by atoms with E-state index in [-0.39, 0.29) is 0 Å². The van der Waals surface area contributed by atoms with Gasteiger partial charge in [0.1, 0.15) is 0 Å². The van der Waals surface area contributed by atoms with E-state index >= 15 is 0 Å². The average Bonchev–Trinajstić information content (AvgIpc) is 2.24. The predicted octanol–water partition coefficient (Wildman–Crippen LogP) is 3.03. The number of hydrogen-bond donors (Lipinski definition) is 1. The molecule has 1 rings (SSSR count). The first-order chi connectivity index (χ1) is 7.69. The van der Waals surface area contributed by atoms with Crippen molar-refractivity contribution in [2.45, 2.75) is 77.9 Å². The minimum atomic E-state index is 0.693. The zero-order valence-electron chi connectivity index (χ0n) is 11.6. The quantitative estimate of drug-likeness (QED) is 0.749. The van der Waals surface area contributed by atoms with Gasteiger partial charge in [-0.15, -0.1) is 0 Å². The molecule has 1 aliphatic heterocycles. The van der Waals surface area contributed by atoms with Crippen molar-refractivity contribution in [3.05, 3.63) is 0 Å². The summed E-state index contributed by atoms with van der Waals surface area (Å²) in [6.45, 7) is 11.6. The van der Waals surface area contributed by atoms with Crippen LogP contribution in [0.5, 0.6) is 0 Å². The fourth-order valence-electron chi connectivity index (χ4n) is 2.98. The van der Waals surface area contributed by atoms with Crippen LogP contribution in [0.15, 0.2) is 0 Å². The van der Waals surface area contributed by atoms with Gasteiger partial charge in [-0.2, -0.15) is 0 Å². The van der Waals surface area contributed by atoms with E-state index < -0.39 is 0 Å². The van der Waals surface area contributed by atoms with E-state index in [2.05, 4.69) is 37.9 Å². The van der Waals surface area contributed by atoms with Crippen LogP contribution in [0.25, 0.3) is 0 Å². The lowest BCUT2D eigenvalue weighted by Gasteiger charge is -2.41. The molecular weight excluding hydrogens is 196 g/mol. The van der Waals surface area contributed by atoms with Crippen molar-refractivity contribution >= 4 is 0 Å². The van der Waals surface area contributed by atoms with Crippen molar-refractivity contribution in [1.29, 1.82) is 0 Å². The standard InChI is InChI=1S/C14H30N2/c1-5-8-14(15-6-2)11-16-12(3)9-7-10-13(16)4/h12-15H,5-11H2,1-4H3. The third-order valence-electron chi connectivity index (χ3n) is 3.94. The molecule has 1 N–H and O–H groups in total. The largest absolute Gasteiger partial charge is 0.313 e. The minimum absolute atomic E-state index is 0.693. The molecule has 0 spiro atoms. The van der Waals surface area contributed by atoms with Gasteiger partial charge in [0.2, 0.25) is 0 Å². The van der Waals surface area contributed by atoms with E-state index in [9.17, 15) is 0 Å². The second kappa shape index (κ2) is 7.29. The summed E-state index contributed by atoms with van der Waals surface area (Å²) in [6.07, 6.45) is 6.78. The van der Waals surface area contributed by atoms with Crippen molar-refractivity contribution < 1.29 is 0 Å². The first kappa shape index (κ1) is 14.0. The minimum Gasteiger partial charge on any atom is -0.313 e. The van der Waals surface area contributed by atoms with Crippen LogP contribution in [0.2, 0.25) is 0 Å². The van der Waals surface area contributed by atoms with E-state index in [4.69, 9.17) is 0 Å². The van der Waals surface area contributed by atoms with Gasteiger partial charge in [-0.3, -0.25) is 4.90 Å². The monoisotopic (exact) mass is 226 g/mol. The number of piperidine rings is 1. The SMILES string of the molecule is CCCC(CN1C(C)CCCC1C)NCC. The van der Waals surface area contributed by atoms with Crippen LogP contribution in [0.4, 0.5) is 0 Å². The zero-order valence-corrected chi connectivity index (χ0v) is 11.6. The summed E-state index contributed by atoms with van der Waals surface area (Å²) < 4.78 is 0. The van der Waals surface area contributed by atoms with E-state index in [1.807, 2.05) is 0 Å². The Morgan fingerprint density at radius 3 is 2.31 bits per heavy atom. The second-order valence-electron chi connectivity index (χ2n) is 5.37. The highest BCUT2D eigenvalue weighted by molar-refractivity contribution is 4.83. The smallest absolute Gasteiger partial charge is 0.0195 e. The molecule has 16 heavy (non-hydrogen) atoms. The topological polar surface area (TPSA) is 15.3 Å². The van der Waals surface area contributed by atoms with Crippen molar-refractivity contribution in [2.75, 3.05) is 13.1 Å². The van der Waals surface area contributed by atoms with Crippen LogP contribution in [0.3, 0.4) is 0 Å². The Kier molecular flexibility index (Phi) is 6.37. The molecule has 0 bridgehead atoms. The van der Waals surface area contributed by atoms with Gasteiger partial charge < -0.3 is 5.32 Å². The number of likely N-dealkylation sites (N-methyl/N-ethyl adjacent to an activating group) is 1. The van der Waals surface area contributed by atoms with Gasteiger partial charge in [-0.05, 0) is 39.7 Å². The average molecular weight is 226 g/mol. The van der Waals surface area contributed by atoms with E-state index in [1.165, 1.54) is 38.6 Å². The van der Waals surface area contributed by atoms with Crippen molar-refractivity contribution in [3.8, 4) is 0 Å². The van der Waals surface area contributed by atoms with Crippen LogP contribution in [-0.4, -0.2) is 36.1 Å². The predicted molar refractivity (Wildman–Crippen MR) is 71.9 cm³/mol. The Hall–Kier alpha value is -0.0800. The van der Waals surface area contributed by atoms with Crippen LogP contribution < -0.4 is 5.32 Å². The van der Waals surface area contributed by atoms with E-state index in [0.717, 1.165) is 18.6 Å². The van der Waals surface area contributed by atoms with E-state index in [0.29, 0.717) is 6.04 Å². The number of likely N-dealkylation sites (tertiary alicyclic amines) is 1. The van der Waals surface area contributed by atoms with Gasteiger partial charge in [-0.1, -0.05) is 26.7 Å². The summed E-state index contributed by atoms with van der Waals surface area (Å²) in [5.41, 5.74) is 0. The van der Waals surface area contributed by atoms with Gasteiger partial charge in [0.25, 0.3) is 0 Å². The van der Waals surface area contributed by atoms with Crippen molar-refractivity contribution in [2.24, 2.45) is 0 Å². The number of rotatable bonds is 6. The Balaban J connectivity index is 2.46. The molecule has 0 aromatic carbocycles. The molecule has 96 valence electrons. The maximum atomic E-state index is 3.63. The summed E-state index contributed by atoms with van der Waals surface area (Å²) in [7, 11) is 0. The Morgan fingerprint density at radius 1 is 1.19 bits per heavy atom. The molecule has 0 aliphatic carbocycles. The van der Waals surface area contributed by atoms with Crippen LogP contribution in [0, 0.1) is 0 Å². The molecule has 0 aromatic rings. The van der Waals surface area contributed by atoms with Crippen molar-refractivity contribution in [1.82, 2.24) is 10.2 Å². The van der Waals surface area contributed by atoms with Gasteiger partial charge in [0.15, 0.2) is 0 Å². The third-order valence-corrected chi connectivity index (χ3v) is 3.94. The molecule has 3 atom stereocenters. The summed E-state index contributed by atoms with van der Waals surface area (Å²) in [5.74, 6) is 0. The first-order valence-corrected chi connectivity index (χ1v) is 7.18. The maximum absolute atomic E-state index is 3.63. The van der Waals surface area contributed by atoms with Crippen LogP contribution in [-0.2, 0) is 0 Å². The highest BCUT2D eigenvalue weighted by Crippen LogP contribution is 2.22. The molecule has 0 amide bonds. The molecule has 1 heterocycles. The van der Waals surface area contributed by atoms with Gasteiger partial charge >= 0.3 is 0 Å². The van der Waals surface area contributed by atoms with E-state index in [1.54, 1.807) is 0 Å². The molecule has 1 saturated heterocycles. The highest BCUT2D eigenvalue weighted by Gasteiger charge is 2.26. The number of nitrogens with zero attached hydrogens (tertiary/aromatic N) is 1. The van der Waals surface area contributed by atoms with Gasteiger partial charge in [0.05, 0.1) is 0 Å². The molecule has 0 saturated carbocycles. The zero-order chi connectivity index (χ0) is 12.0. The molecule has 2 nitrogen and oxygen atoms in total. The lowest BCUT2D eigenvalue weighted by Crippen LogP contribution is -2.50. The summed E-state index contributed by atoms with van der Waals surface area (Å²) in [5, 5.41) is 3.63. The normalized spacial score (nSPS) is 29.2. The third kappa shape index (κ3) is 4.06. The molecule has 2 heteroatoms. The summed E-state index contributed by atoms with van der Waals surface area (Å²) >= 11 is 0. The highest BCUT2D eigenvalue weighted by atomic mass is 15.2. The van der Waals surface area contributed by atoms with Crippen LogP contribution >= 0.6 is 0 Å². The maximum Gasteiger partial charge on any atom is 0.0195 e. The lowest BCUT2D eigenvalue weighted by atomic mass is 9.96. The van der Waals surface area contributed by atoms with Crippen molar-refractivity contribution in [3.63, 3.8) is 0 Å². The fourth-order valence-corrected chi connectivity index (χ4v) is 2.98. The lowest BCUT2D eigenvalue weighted by molar-refractivity contribution is 0.0896. The second-order valence-corrected chi connectivity index (χ2v) is 5.37. The molecule has 3 unspecified atom stereocenters. The number of hydrogen-bond acceptors (Lipinski definition) is 2. The number of nitrogens with one attached hydrogen (secondary N) is 1. The molecular formula is C14H30N2. The molecule has 1 aliphatic rings. The molecule has 0 radical (unpaired) electrons.